The number of aromatic nitrogens is 3. The molecule has 0 saturated heterocycles. The average molecular weight is 215 g/mol. The van der Waals surface area contributed by atoms with Crippen LogP contribution < -0.4 is 0 Å². The molecule has 0 unspecified atom stereocenters. The van der Waals surface area contributed by atoms with Crippen LogP contribution in [-0.4, -0.2) is 15.0 Å². The normalized spacial score (nSPS) is 11.6. The molecular formula is C13H17N3. The molecular weight excluding hydrogens is 198 g/mol. The lowest BCUT2D eigenvalue weighted by molar-refractivity contribution is 0.812. The third kappa shape index (κ3) is 1.77. The van der Waals surface area contributed by atoms with E-state index in [1.165, 1.54) is 5.56 Å². The van der Waals surface area contributed by atoms with E-state index in [1.54, 1.807) is 12.4 Å². The van der Waals surface area contributed by atoms with E-state index in [2.05, 4.69) is 42.6 Å². The molecule has 0 bridgehead atoms. The summed E-state index contributed by atoms with van der Waals surface area (Å²) in [5.74, 6) is 0.799. The van der Waals surface area contributed by atoms with Crippen molar-refractivity contribution in [3.05, 3.63) is 29.8 Å². The van der Waals surface area contributed by atoms with E-state index in [4.69, 9.17) is 0 Å². The molecule has 0 N–H and O–H groups in total. The number of rotatable bonds is 2. The molecule has 84 valence electrons. The zero-order chi connectivity index (χ0) is 11.7. The van der Waals surface area contributed by atoms with Crippen LogP contribution in [0, 0.1) is 0 Å². The van der Waals surface area contributed by atoms with Crippen molar-refractivity contribution in [2.45, 2.75) is 39.5 Å². The molecule has 0 aromatic carbocycles. The molecule has 0 aliphatic heterocycles. The molecule has 3 nitrogen and oxygen atoms in total. The van der Waals surface area contributed by atoms with Gasteiger partial charge in [0.25, 0.3) is 0 Å². The van der Waals surface area contributed by atoms with Crippen LogP contribution in [0.3, 0.4) is 0 Å². The van der Waals surface area contributed by atoms with Gasteiger partial charge in [-0.05, 0) is 11.8 Å². The van der Waals surface area contributed by atoms with Crippen LogP contribution >= 0.6 is 0 Å². The van der Waals surface area contributed by atoms with Crippen LogP contribution in [0.25, 0.3) is 11.0 Å². The smallest absolute Gasteiger partial charge is 0.111 e. The standard InChI is InChI=1S/C13H17N3/c1-8(2)10-7-16-11(9(3)4)13-12(10)14-5-6-15-13/h5-9H,1-4H3. The quantitative estimate of drug-likeness (QED) is 0.771. The second kappa shape index (κ2) is 4.16. The predicted molar refractivity (Wildman–Crippen MR) is 65.5 cm³/mol. The minimum absolute atomic E-state index is 0.375. The number of hydrogen-bond acceptors (Lipinski definition) is 3. The number of nitrogens with zero attached hydrogens (tertiary/aromatic N) is 3. The Kier molecular flexibility index (Phi) is 2.86. The molecule has 0 atom stereocenters. The van der Waals surface area contributed by atoms with Crippen molar-refractivity contribution in [3.8, 4) is 0 Å². The summed E-state index contributed by atoms with van der Waals surface area (Å²) < 4.78 is 0. The highest BCUT2D eigenvalue weighted by Crippen LogP contribution is 2.26. The average Bonchev–Trinajstić information content (AvgIpc) is 2.27. The van der Waals surface area contributed by atoms with Gasteiger partial charge in [-0.1, -0.05) is 27.7 Å². The van der Waals surface area contributed by atoms with Gasteiger partial charge in [0.2, 0.25) is 0 Å². The first-order valence-electron chi connectivity index (χ1n) is 5.70. The lowest BCUT2D eigenvalue weighted by atomic mass is 10.0. The molecule has 0 spiro atoms. The van der Waals surface area contributed by atoms with Gasteiger partial charge in [-0.25, -0.2) is 0 Å². The molecule has 0 fully saturated rings. The molecule has 0 aliphatic rings. The zero-order valence-corrected chi connectivity index (χ0v) is 10.2. The Balaban J connectivity index is 2.77. The maximum Gasteiger partial charge on any atom is 0.111 e. The first kappa shape index (κ1) is 11.0. The van der Waals surface area contributed by atoms with Crippen molar-refractivity contribution >= 4 is 11.0 Å². The second-order valence-corrected chi connectivity index (χ2v) is 4.66. The zero-order valence-electron chi connectivity index (χ0n) is 10.2. The Labute approximate surface area is 96.0 Å². The van der Waals surface area contributed by atoms with Gasteiger partial charge in [0.1, 0.15) is 5.52 Å². The fourth-order valence-corrected chi connectivity index (χ4v) is 1.84. The SMILES string of the molecule is CC(C)c1cnc(C(C)C)c2nccnc12. The number of fused-ring (bicyclic) bond motifs is 1. The van der Waals surface area contributed by atoms with E-state index in [0.29, 0.717) is 11.8 Å². The molecule has 0 amide bonds. The Hall–Kier alpha value is -1.51. The van der Waals surface area contributed by atoms with Gasteiger partial charge in [0.15, 0.2) is 0 Å². The van der Waals surface area contributed by atoms with E-state index in [9.17, 15) is 0 Å². The second-order valence-electron chi connectivity index (χ2n) is 4.66. The number of pyridine rings is 1. The van der Waals surface area contributed by atoms with Crippen molar-refractivity contribution < 1.29 is 0 Å². The molecule has 0 saturated carbocycles. The molecule has 16 heavy (non-hydrogen) atoms. The van der Waals surface area contributed by atoms with Gasteiger partial charge in [-0.2, -0.15) is 0 Å². The van der Waals surface area contributed by atoms with Crippen LogP contribution in [-0.2, 0) is 0 Å². The first-order valence-corrected chi connectivity index (χ1v) is 5.70. The summed E-state index contributed by atoms with van der Waals surface area (Å²) in [6.45, 7) is 8.57. The maximum absolute atomic E-state index is 4.53. The third-order valence-corrected chi connectivity index (χ3v) is 2.73. The van der Waals surface area contributed by atoms with Crippen molar-refractivity contribution in [3.63, 3.8) is 0 Å². The fraction of sp³-hybridized carbons (Fsp3) is 0.462. The van der Waals surface area contributed by atoms with E-state index in [-0.39, 0.29) is 0 Å². The van der Waals surface area contributed by atoms with Crippen LogP contribution in [0.5, 0.6) is 0 Å². The topological polar surface area (TPSA) is 38.7 Å². The van der Waals surface area contributed by atoms with Gasteiger partial charge < -0.3 is 0 Å². The van der Waals surface area contributed by atoms with Crippen LogP contribution in [0.15, 0.2) is 18.6 Å². The third-order valence-electron chi connectivity index (χ3n) is 2.73. The molecule has 0 aliphatic carbocycles. The molecule has 2 aromatic rings. The van der Waals surface area contributed by atoms with Gasteiger partial charge in [-0.15, -0.1) is 0 Å². The van der Waals surface area contributed by atoms with Crippen molar-refractivity contribution in [2.75, 3.05) is 0 Å². The monoisotopic (exact) mass is 215 g/mol. The predicted octanol–water partition coefficient (Wildman–Crippen LogP) is 3.27. The summed E-state index contributed by atoms with van der Waals surface area (Å²) in [5, 5.41) is 0. The summed E-state index contributed by atoms with van der Waals surface area (Å²) >= 11 is 0. The maximum atomic E-state index is 4.53. The van der Waals surface area contributed by atoms with Gasteiger partial charge in [0.05, 0.1) is 11.2 Å². The summed E-state index contributed by atoms with van der Waals surface area (Å²) in [4.78, 5) is 13.4. The van der Waals surface area contributed by atoms with Crippen molar-refractivity contribution in [2.24, 2.45) is 0 Å². The van der Waals surface area contributed by atoms with Crippen LogP contribution in [0.2, 0.25) is 0 Å². The van der Waals surface area contributed by atoms with Crippen molar-refractivity contribution in [1.29, 1.82) is 0 Å². The van der Waals surface area contributed by atoms with Crippen molar-refractivity contribution in [1.82, 2.24) is 15.0 Å². The fourth-order valence-electron chi connectivity index (χ4n) is 1.84. The Bertz CT molecular complexity index is 457. The van der Waals surface area contributed by atoms with E-state index >= 15 is 0 Å². The van der Waals surface area contributed by atoms with E-state index < -0.39 is 0 Å². The van der Waals surface area contributed by atoms with Gasteiger partial charge in [-0.3, -0.25) is 15.0 Å². The van der Waals surface area contributed by atoms with Crippen LogP contribution in [0.1, 0.15) is 50.8 Å². The minimum Gasteiger partial charge on any atom is -0.258 e. The lowest BCUT2D eigenvalue weighted by Crippen LogP contribution is -2.01. The molecule has 2 heterocycles. The highest BCUT2D eigenvalue weighted by molar-refractivity contribution is 5.80. The summed E-state index contributed by atoms with van der Waals surface area (Å²) in [7, 11) is 0. The molecule has 0 radical (unpaired) electrons. The largest absolute Gasteiger partial charge is 0.258 e. The Morgan fingerprint density at radius 2 is 1.44 bits per heavy atom. The van der Waals surface area contributed by atoms with Crippen LogP contribution in [0.4, 0.5) is 0 Å². The Morgan fingerprint density at radius 1 is 0.812 bits per heavy atom. The summed E-state index contributed by atoms with van der Waals surface area (Å²) in [6, 6.07) is 0. The molecule has 2 rings (SSSR count). The number of hydrogen-bond donors (Lipinski definition) is 0. The molecule has 2 aromatic heterocycles. The lowest BCUT2D eigenvalue weighted by Gasteiger charge is -2.12. The first-order chi connectivity index (χ1) is 7.61. The minimum atomic E-state index is 0.375. The molecule has 3 heteroatoms. The van der Waals surface area contributed by atoms with E-state index in [0.717, 1.165) is 16.7 Å². The highest BCUT2D eigenvalue weighted by atomic mass is 14.8. The van der Waals surface area contributed by atoms with Gasteiger partial charge in [0, 0.05) is 24.2 Å². The van der Waals surface area contributed by atoms with E-state index in [1.807, 2.05) is 6.20 Å². The highest BCUT2D eigenvalue weighted by Gasteiger charge is 2.13. The summed E-state index contributed by atoms with van der Waals surface area (Å²) in [5.41, 5.74) is 4.15. The summed E-state index contributed by atoms with van der Waals surface area (Å²) in [6.07, 6.45) is 5.43. The Morgan fingerprint density at radius 3 is 2.00 bits per heavy atom. The van der Waals surface area contributed by atoms with Gasteiger partial charge >= 0.3 is 0 Å².